The van der Waals surface area contributed by atoms with Crippen LogP contribution in [0.4, 0.5) is 5.82 Å². The van der Waals surface area contributed by atoms with Crippen LogP contribution in [-0.4, -0.2) is 49.9 Å². The molecular weight excluding hydrogens is 431 g/mol. The van der Waals surface area contributed by atoms with E-state index in [1.54, 1.807) is 6.07 Å². The number of hydrogen-bond acceptors (Lipinski definition) is 6. The highest BCUT2D eigenvalue weighted by Crippen LogP contribution is 2.29. The molecule has 1 amide bonds. The molecule has 2 aromatic heterocycles. The van der Waals surface area contributed by atoms with Crippen molar-refractivity contribution in [3.63, 3.8) is 0 Å². The van der Waals surface area contributed by atoms with Gasteiger partial charge in [-0.2, -0.15) is 0 Å². The smallest absolute Gasteiger partial charge is 0.238 e. The van der Waals surface area contributed by atoms with E-state index in [0.717, 1.165) is 36.8 Å². The minimum absolute atomic E-state index is 0.176. The van der Waals surface area contributed by atoms with E-state index in [1.807, 2.05) is 21.0 Å². The molecule has 0 saturated carbocycles. The Hall–Kier alpha value is -1.35. The van der Waals surface area contributed by atoms with Crippen molar-refractivity contribution in [2.24, 2.45) is 0 Å². The molecule has 2 aromatic rings. The van der Waals surface area contributed by atoms with E-state index in [4.69, 9.17) is 23.2 Å². The van der Waals surface area contributed by atoms with Crippen molar-refractivity contribution < 1.29 is 4.79 Å². The van der Waals surface area contributed by atoms with Crippen LogP contribution >= 0.6 is 35.0 Å². The number of pyridine rings is 1. The highest BCUT2D eigenvalue weighted by atomic mass is 35.5. The standard InChI is InChI=1S/C19H28Cl2N6OS/c1-6-8-9-27-17(15(7-2)26(4)5)24-25-19(27)29-12(3)18(28)23-16-14(21)10-13(20)11-22-16/h10-12,15H,6-9H2,1-5H3,(H,22,23,28)/t12-,15+/m1/s1. The van der Waals surface area contributed by atoms with E-state index in [2.05, 4.69) is 43.8 Å². The summed E-state index contributed by atoms with van der Waals surface area (Å²) in [5.74, 6) is 1.02. The predicted octanol–water partition coefficient (Wildman–Crippen LogP) is 4.91. The number of anilines is 1. The first kappa shape index (κ1) is 23.9. The lowest BCUT2D eigenvalue weighted by molar-refractivity contribution is -0.115. The van der Waals surface area contributed by atoms with Gasteiger partial charge >= 0.3 is 0 Å². The summed E-state index contributed by atoms with van der Waals surface area (Å²) in [5, 5.41) is 12.6. The van der Waals surface area contributed by atoms with Gasteiger partial charge in [0.15, 0.2) is 16.8 Å². The van der Waals surface area contributed by atoms with Crippen molar-refractivity contribution in [3.8, 4) is 0 Å². The summed E-state index contributed by atoms with van der Waals surface area (Å²) in [7, 11) is 4.08. The van der Waals surface area contributed by atoms with Crippen molar-refractivity contribution in [1.29, 1.82) is 0 Å². The Morgan fingerprint density at radius 1 is 1.31 bits per heavy atom. The maximum absolute atomic E-state index is 12.7. The summed E-state index contributed by atoms with van der Waals surface area (Å²) in [6.07, 6.45) is 4.46. The molecule has 2 heterocycles. The SMILES string of the molecule is CCCCn1c(S[C@H](C)C(=O)Nc2ncc(Cl)cc2Cl)nnc1[C@H](CC)N(C)C. The molecule has 0 fully saturated rings. The Kier molecular flexibility index (Phi) is 9.20. The molecule has 0 aliphatic carbocycles. The van der Waals surface area contributed by atoms with Crippen LogP contribution in [-0.2, 0) is 11.3 Å². The van der Waals surface area contributed by atoms with Crippen molar-refractivity contribution in [2.75, 3.05) is 19.4 Å². The van der Waals surface area contributed by atoms with Crippen LogP contribution in [0.1, 0.15) is 51.9 Å². The highest BCUT2D eigenvalue weighted by molar-refractivity contribution is 8.00. The van der Waals surface area contributed by atoms with Gasteiger partial charge in [-0.25, -0.2) is 4.98 Å². The molecule has 0 aromatic carbocycles. The van der Waals surface area contributed by atoms with Gasteiger partial charge in [0.05, 0.1) is 21.3 Å². The summed E-state index contributed by atoms with van der Waals surface area (Å²) in [5.41, 5.74) is 0. The normalized spacial score (nSPS) is 13.5. The topological polar surface area (TPSA) is 75.9 Å². The number of amides is 1. The van der Waals surface area contributed by atoms with Crippen molar-refractivity contribution in [3.05, 3.63) is 28.1 Å². The summed E-state index contributed by atoms with van der Waals surface area (Å²) in [6, 6.07) is 1.72. The molecule has 160 valence electrons. The molecule has 0 radical (unpaired) electrons. The van der Waals surface area contributed by atoms with Crippen LogP contribution in [0.25, 0.3) is 0 Å². The molecular formula is C19H28Cl2N6OS. The predicted molar refractivity (Wildman–Crippen MR) is 120 cm³/mol. The fraction of sp³-hybridized carbons (Fsp3) is 0.579. The average molecular weight is 459 g/mol. The highest BCUT2D eigenvalue weighted by Gasteiger charge is 2.25. The summed E-state index contributed by atoms with van der Waals surface area (Å²) >= 11 is 13.3. The third-order valence-electron chi connectivity index (χ3n) is 4.49. The van der Waals surface area contributed by atoms with Gasteiger partial charge in [-0.1, -0.05) is 55.2 Å². The van der Waals surface area contributed by atoms with Gasteiger partial charge in [-0.15, -0.1) is 10.2 Å². The maximum Gasteiger partial charge on any atom is 0.238 e. The fourth-order valence-corrected chi connectivity index (χ4v) is 4.18. The molecule has 0 aliphatic heterocycles. The van der Waals surface area contributed by atoms with Crippen LogP contribution < -0.4 is 5.32 Å². The van der Waals surface area contributed by atoms with E-state index in [-0.39, 0.29) is 11.9 Å². The van der Waals surface area contributed by atoms with E-state index in [9.17, 15) is 4.79 Å². The van der Waals surface area contributed by atoms with E-state index in [1.165, 1.54) is 18.0 Å². The number of rotatable bonds is 10. The number of aromatic nitrogens is 4. The van der Waals surface area contributed by atoms with Gasteiger partial charge in [-0.05, 0) is 39.9 Å². The number of carbonyl (C=O) groups excluding carboxylic acids is 1. The van der Waals surface area contributed by atoms with Crippen molar-refractivity contribution in [2.45, 2.75) is 63.0 Å². The minimum Gasteiger partial charge on any atom is -0.308 e. The molecule has 0 saturated heterocycles. The maximum atomic E-state index is 12.7. The molecule has 0 bridgehead atoms. The lowest BCUT2D eigenvalue weighted by Gasteiger charge is -2.23. The second-order valence-corrected chi connectivity index (χ2v) is 9.12. The zero-order valence-corrected chi connectivity index (χ0v) is 19.8. The number of hydrogen-bond donors (Lipinski definition) is 1. The van der Waals surface area contributed by atoms with Crippen LogP contribution in [0.15, 0.2) is 17.4 Å². The number of nitrogens with one attached hydrogen (secondary N) is 1. The molecule has 2 rings (SSSR count). The first-order valence-electron chi connectivity index (χ1n) is 9.66. The number of unbranched alkanes of at least 4 members (excludes halogenated alkanes) is 1. The Balaban J connectivity index is 2.18. The molecule has 0 aliphatic rings. The number of halogens is 2. The van der Waals surface area contributed by atoms with Gasteiger partial charge in [0.25, 0.3) is 0 Å². The van der Waals surface area contributed by atoms with Gasteiger partial charge < -0.3 is 9.88 Å². The van der Waals surface area contributed by atoms with Gasteiger partial charge in [0.1, 0.15) is 0 Å². The average Bonchev–Trinajstić information content (AvgIpc) is 3.04. The fourth-order valence-electron chi connectivity index (χ4n) is 2.88. The van der Waals surface area contributed by atoms with Crippen LogP contribution in [0.5, 0.6) is 0 Å². The molecule has 2 atom stereocenters. The van der Waals surface area contributed by atoms with Gasteiger partial charge in [-0.3, -0.25) is 9.69 Å². The van der Waals surface area contributed by atoms with E-state index in [0.29, 0.717) is 15.9 Å². The van der Waals surface area contributed by atoms with E-state index < -0.39 is 5.25 Å². The summed E-state index contributed by atoms with van der Waals surface area (Å²) in [4.78, 5) is 18.9. The number of nitrogens with zero attached hydrogens (tertiary/aromatic N) is 5. The second kappa shape index (κ2) is 11.2. The van der Waals surface area contributed by atoms with Gasteiger partial charge in [0.2, 0.25) is 5.91 Å². The Bertz CT molecular complexity index is 829. The molecule has 0 unspecified atom stereocenters. The zero-order valence-electron chi connectivity index (χ0n) is 17.4. The van der Waals surface area contributed by atoms with Crippen LogP contribution in [0.3, 0.4) is 0 Å². The Morgan fingerprint density at radius 3 is 2.62 bits per heavy atom. The largest absolute Gasteiger partial charge is 0.308 e. The monoisotopic (exact) mass is 458 g/mol. The molecule has 10 heteroatoms. The van der Waals surface area contributed by atoms with Gasteiger partial charge in [0, 0.05) is 12.7 Å². The number of carbonyl (C=O) groups is 1. The molecule has 0 spiro atoms. The molecule has 29 heavy (non-hydrogen) atoms. The Labute approximate surface area is 186 Å². The Morgan fingerprint density at radius 2 is 2.03 bits per heavy atom. The van der Waals surface area contributed by atoms with Crippen LogP contribution in [0.2, 0.25) is 10.0 Å². The van der Waals surface area contributed by atoms with Crippen molar-refractivity contribution in [1.82, 2.24) is 24.6 Å². The lowest BCUT2D eigenvalue weighted by Crippen LogP contribution is -2.25. The quantitative estimate of drug-likeness (QED) is 0.509. The first-order valence-corrected chi connectivity index (χ1v) is 11.3. The van der Waals surface area contributed by atoms with E-state index >= 15 is 0 Å². The minimum atomic E-state index is -0.402. The third kappa shape index (κ3) is 6.31. The zero-order chi connectivity index (χ0) is 21.6. The number of thioether (sulfide) groups is 1. The van der Waals surface area contributed by atoms with Crippen molar-refractivity contribution >= 4 is 46.7 Å². The lowest BCUT2D eigenvalue weighted by atomic mass is 10.2. The third-order valence-corrected chi connectivity index (χ3v) is 6.06. The van der Waals surface area contributed by atoms with Crippen LogP contribution in [0, 0.1) is 0 Å². The summed E-state index contributed by atoms with van der Waals surface area (Å²) in [6.45, 7) is 6.93. The first-order chi connectivity index (χ1) is 13.8. The molecule has 7 nitrogen and oxygen atoms in total. The molecule has 1 N–H and O–H groups in total. The second-order valence-electron chi connectivity index (χ2n) is 6.97. The summed E-state index contributed by atoms with van der Waals surface area (Å²) < 4.78 is 2.14.